The Morgan fingerprint density at radius 2 is 1.84 bits per heavy atom. The second kappa shape index (κ2) is 8.70. The first-order chi connectivity index (χ1) is 13.8. The molecule has 6 unspecified atom stereocenters. The zero-order valence-electron chi connectivity index (χ0n) is 15.6. The molecule has 0 bridgehead atoms. The third-order valence-corrected chi connectivity index (χ3v) is 7.92. The van der Waals surface area contributed by atoms with Gasteiger partial charge < -0.3 is 34.5 Å². The van der Waals surface area contributed by atoms with Crippen LogP contribution in [-0.2, 0) is 31.6 Å². The molecule has 6 N–H and O–H groups in total. The predicted molar refractivity (Wildman–Crippen MR) is 98.2 cm³/mol. The third-order valence-electron chi connectivity index (χ3n) is 3.83. The number of aliphatic hydroxyl groups excluding tert-OH is 1. The molecule has 0 aromatic carbocycles. The van der Waals surface area contributed by atoms with Crippen molar-refractivity contribution in [1.29, 1.82) is 0 Å². The summed E-state index contributed by atoms with van der Waals surface area (Å²) in [6, 6.07) is 1.44. The van der Waals surface area contributed by atoms with Gasteiger partial charge in [0.05, 0.1) is 0 Å². The fourth-order valence-corrected chi connectivity index (χ4v) is 5.88. The van der Waals surface area contributed by atoms with Crippen molar-refractivity contribution in [3.05, 3.63) is 22.7 Å². The van der Waals surface area contributed by atoms with E-state index in [1.54, 1.807) is 6.92 Å². The lowest BCUT2D eigenvalue weighted by atomic mass is 9.95. The van der Waals surface area contributed by atoms with E-state index in [1.807, 2.05) is 0 Å². The normalized spacial score (nSPS) is 33.1. The number of aliphatic hydroxyl groups is 2. The number of phosphoric ester groups is 1. The Bertz CT molecular complexity index is 1050. The van der Waals surface area contributed by atoms with Gasteiger partial charge in [-0.2, -0.15) is 8.62 Å². The maximum atomic E-state index is 15.2. The molecule has 1 aromatic rings. The van der Waals surface area contributed by atoms with Crippen LogP contribution in [0.25, 0.3) is 0 Å². The highest BCUT2D eigenvalue weighted by molar-refractivity contribution is 7.71. The highest BCUT2D eigenvalue weighted by Crippen LogP contribution is 2.66. The predicted octanol–water partition coefficient (Wildman–Crippen LogP) is 0.571. The van der Waals surface area contributed by atoms with Crippen molar-refractivity contribution in [3.8, 4) is 0 Å². The van der Waals surface area contributed by atoms with Gasteiger partial charge in [-0.15, -0.1) is 0 Å². The summed E-state index contributed by atoms with van der Waals surface area (Å²) < 4.78 is 65.8. The van der Waals surface area contributed by atoms with Crippen LogP contribution in [0.2, 0.25) is 0 Å². The highest BCUT2D eigenvalue weighted by atomic mass is 32.1. The van der Waals surface area contributed by atoms with E-state index in [2.05, 4.69) is 18.1 Å². The lowest BCUT2D eigenvalue weighted by molar-refractivity contribution is -0.204. The SMILES string of the molecule is Cc1ccn(C2OC(F)(COP(=O)(O)OP(=O)(O)OP(=O)(O)O)C(O)C2(C)O)c(=S)n1. The molecular formula is C11H18FN2O13P3S. The summed E-state index contributed by atoms with van der Waals surface area (Å²) >= 11 is 5.00. The molecule has 1 aliphatic rings. The van der Waals surface area contributed by atoms with E-state index in [0.717, 1.165) is 11.5 Å². The second-order valence-electron chi connectivity index (χ2n) is 6.51. The first kappa shape index (κ1) is 26.8. The Labute approximate surface area is 178 Å². The molecule has 0 spiro atoms. The van der Waals surface area contributed by atoms with Crippen LogP contribution in [0.15, 0.2) is 12.3 Å². The Balaban J connectivity index is 2.21. The molecule has 0 saturated carbocycles. The van der Waals surface area contributed by atoms with Gasteiger partial charge in [-0.1, -0.05) is 0 Å². The number of rotatable bonds is 8. The number of aryl methyl sites for hydroxylation is 1. The van der Waals surface area contributed by atoms with Crippen LogP contribution in [0.3, 0.4) is 0 Å². The molecule has 0 amide bonds. The molecule has 15 nitrogen and oxygen atoms in total. The maximum Gasteiger partial charge on any atom is 0.490 e. The number of nitrogens with zero attached hydrogens (tertiary/aromatic N) is 2. The minimum absolute atomic E-state index is 0.158. The van der Waals surface area contributed by atoms with Crippen molar-refractivity contribution in [3.63, 3.8) is 0 Å². The van der Waals surface area contributed by atoms with Crippen molar-refractivity contribution in [1.82, 2.24) is 9.55 Å². The minimum atomic E-state index is -5.83. The van der Waals surface area contributed by atoms with E-state index in [9.17, 15) is 28.8 Å². The molecule has 0 radical (unpaired) electrons. The van der Waals surface area contributed by atoms with Gasteiger partial charge in [0.15, 0.2) is 6.23 Å². The van der Waals surface area contributed by atoms with E-state index in [4.69, 9.17) is 31.6 Å². The number of halogens is 1. The molecule has 2 heterocycles. The van der Waals surface area contributed by atoms with Gasteiger partial charge in [0.2, 0.25) is 4.77 Å². The van der Waals surface area contributed by atoms with Gasteiger partial charge in [0.1, 0.15) is 18.3 Å². The molecule has 178 valence electrons. The number of hydrogen-bond donors (Lipinski definition) is 6. The van der Waals surface area contributed by atoms with Crippen LogP contribution in [0.4, 0.5) is 4.39 Å². The minimum Gasteiger partial charge on any atom is -0.384 e. The zero-order valence-corrected chi connectivity index (χ0v) is 19.1. The zero-order chi connectivity index (χ0) is 24.0. The largest absolute Gasteiger partial charge is 0.490 e. The van der Waals surface area contributed by atoms with E-state index in [-0.39, 0.29) is 4.77 Å². The summed E-state index contributed by atoms with van der Waals surface area (Å²) in [4.78, 5) is 39.4. The summed E-state index contributed by atoms with van der Waals surface area (Å²) in [6.45, 7) is 0.929. The van der Waals surface area contributed by atoms with E-state index < -0.39 is 53.9 Å². The smallest absolute Gasteiger partial charge is 0.384 e. The number of phosphoric acid groups is 3. The van der Waals surface area contributed by atoms with Crippen LogP contribution in [0.5, 0.6) is 0 Å². The lowest BCUT2D eigenvalue weighted by Gasteiger charge is -2.28. The second-order valence-corrected chi connectivity index (χ2v) is 11.3. The summed E-state index contributed by atoms with van der Waals surface area (Å²) in [6.07, 6.45) is -2.80. The Morgan fingerprint density at radius 1 is 1.26 bits per heavy atom. The highest BCUT2D eigenvalue weighted by Gasteiger charge is 2.63. The molecule has 0 aliphatic carbocycles. The van der Waals surface area contributed by atoms with Crippen LogP contribution in [-0.4, -0.2) is 63.5 Å². The molecule has 1 fully saturated rings. The lowest BCUT2D eigenvalue weighted by Crippen LogP contribution is -2.49. The van der Waals surface area contributed by atoms with Crippen molar-refractivity contribution >= 4 is 35.7 Å². The van der Waals surface area contributed by atoms with Gasteiger partial charge in [-0.05, 0) is 32.1 Å². The van der Waals surface area contributed by atoms with Crippen LogP contribution < -0.4 is 0 Å². The number of hydrogen-bond acceptors (Lipinski definition) is 11. The topological polar surface area (TPSA) is 227 Å². The molecule has 1 aliphatic heterocycles. The van der Waals surface area contributed by atoms with Crippen molar-refractivity contribution in [2.24, 2.45) is 0 Å². The first-order valence-electron chi connectivity index (χ1n) is 7.89. The average molecular weight is 530 g/mol. The summed E-state index contributed by atoms with van der Waals surface area (Å²) in [5, 5.41) is 20.7. The van der Waals surface area contributed by atoms with E-state index >= 15 is 4.39 Å². The molecule has 2 rings (SSSR count). The Morgan fingerprint density at radius 3 is 2.35 bits per heavy atom. The standard InChI is InChI=1S/C11H18FN2O13P3S/c1-6-3-4-14(9(31)13-6)8-10(2,16)7(15)11(12,25-8)5-24-29(20,21)27-30(22,23)26-28(17,18)19/h3-4,7-8,15-16H,5H2,1-2H3,(H,20,21)(H,22,23)(H2,17,18,19). The monoisotopic (exact) mass is 530 g/mol. The molecule has 1 aromatic heterocycles. The molecular weight excluding hydrogens is 512 g/mol. The van der Waals surface area contributed by atoms with Crippen LogP contribution in [0.1, 0.15) is 18.8 Å². The van der Waals surface area contributed by atoms with E-state index in [0.29, 0.717) is 5.69 Å². The number of ether oxygens (including phenoxy) is 1. The fraction of sp³-hybridized carbons (Fsp3) is 0.636. The van der Waals surface area contributed by atoms with Crippen molar-refractivity contribution in [2.75, 3.05) is 6.61 Å². The van der Waals surface area contributed by atoms with Crippen molar-refractivity contribution in [2.45, 2.75) is 37.6 Å². The maximum absolute atomic E-state index is 15.2. The molecule has 31 heavy (non-hydrogen) atoms. The first-order valence-corrected chi connectivity index (χ1v) is 12.8. The quantitative estimate of drug-likeness (QED) is 0.199. The van der Waals surface area contributed by atoms with Gasteiger partial charge in [0.25, 0.3) is 5.85 Å². The molecule has 1 saturated heterocycles. The molecule has 6 atom stereocenters. The van der Waals surface area contributed by atoms with Crippen LogP contribution >= 0.6 is 35.7 Å². The van der Waals surface area contributed by atoms with Gasteiger partial charge in [-0.3, -0.25) is 9.09 Å². The van der Waals surface area contributed by atoms with Gasteiger partial charge in [0, 0.05) is 11.9 Å². The summed E-state index contributed by atoms with van der Waals surface area (Å²) in [7, 11) is -17.2. The summed E-state index contributed by atoms with van der Waals surface area (Å²) in [5.74, 6) is -3.38. The molecule has 20 heteroatoms. The Hall–Kier alpha value is -0.480. The van der Waals surface area contributed by atoms with Crippen LogP contribution in [0, 0.1) is 11.7 Å². The average Bonchev–Trinajstić information content (AvgIpc) is 2.71. The Kier molecular flexibility index (Phi) is 7.52. The number of alkyl halides is 1. The van der Waals surface area contributed by atoms with Crippen molar-refractivity contribution < 1.29 is 65.8 Å². The summed E-state index contributed by atoms with van der Waals surface area (Å²) in [5.41, 5.74) is -1.89. The fourth-order valence-electron chi connectivity index (χ4n) is 2.54. The van der Waals surface area contributed by atoms with E-state index in [1.165, 1.54) is 12.3 Å². The number of aromatic nitrogens is 2. The van der Waals surface area contributed by atoms with Gasteiger partial charge >= 0.3 is 23.5 Å². The third kappa shape index (κ3) is 6.53. The van der Waals surface area contributed by atoms with Gasteiger partial charge in [-0.25, -0.2) is 23.1 Å².